The molecule has 1 nitrogen and oxygen atoms in total. The molecule has 0 heterocycles. The van der Waals surface area contributed by atoms with Crippen molar-refractivity contribution >= 4 is 0 Å². The first-order chi connectivity index (χ1) is 8.02. The smallest absolute Gasteiger partial charge is 0.00949 e. The van der Waals surface area contributed by atoms with Crippen LogP contribution in [0.1, 0.15) is 72.6 Å². The van der Waals surface area contributed by atoms with Crippen LogP contribution in [0.2, 0.25) is 0 Å². The van der Waals surface area contributed by atoms with Gasteiger partial charge in [0.2, 0.25) is 0 Å². The summed E-state index contributed by atoms with van der Waals surface area (Å²) in [6, 6.07) is 0.760. The van der Waals surface area contributed by atoms with Crippen molar-refractivity contribution in [3.63, 3.8) is 0 Å². The largest absolute Gasteiger partial charge is 0.317 e. The Morgan fingerprint density at radius 3 is 2.06 bits per heavy atom. The quantitative estimate of drug-likeness (QED) is 0.713. The van der Waals surface area contributed by atoms with Crippen molar-refractivity contribution in [3.8, 4) is 0 Å². The summed E-state index contributed by atoms with van der Waals surface area (Å²) in [7, 11) is 2.16. The second kappa shape index (κ2) is 6.78. The van der Waals surface area contributed by atoms with E-state index in [1.54, 1.807) is 0 Å². The van der Waals surface area contributed by atoms with Gasteiger partial charge in [0, 0.05) is 6.04 Å². The van der Waals surface area contributed by atoms with Crippen LogP contribution in [-0.4, -0.2) is 13.1 Å². The molecule has 0 aromatic rings. The molecule has 0 bridgehead atoms. The number of hydrogen-bond donors (Lipinski definition) is 1. The van der Waals surface area contributed by atoms with E-state index in [-0.39, 0.29) is 0 Å². The van der Waals surface area contributed by atoms with Crippen LogP contribution in [0.5, 0.6) is 0 Å². The Morgan fingerprint density at radius 1 is 1.12 bits per heavy atom. The van der Waals surface area contributed by atoms with Crippen LogP contribution in [-0.2, 0) is 0 Å². The molecular formula is C16H33N. The molecule has 1 unspecified atom stereocenters. The fourth-order valence-corrected chi connectivity index (χ4v) is 3.35. The van der Waals surface area contributed by atoms with Gasteiger partial charge < -0.3 is 5.32 Å². The molecular weight excluding hydrogens is 206 g/mol. The summed E-state index contributed by atoms with van der Waals surface area (Å²) < 4.78 is 0. The molecule has 0 aliphatic heterocycles. The molecule has 1 fully saturated rings. The van der Waals surface area contributed by atoms with Crippen LogP contribution in [0, 0.1) is 17.3 Å². The third-order valence-electron chi connectivity index (χ3n) is 5.07. The maximum absolute atomic E-state index is 3.60. The monoisotopic (exact) mass is 239 g/mol. The SMILES string of the molecule is CCC(CC)CC(NC)C1CCC(C)(C)CC1. The molecule has 0 radical (unpaired) electrons. The molecule has 1 aliphatic carbocycles. The van der Waals surface area contributed by atoms with Gasteiger partial charge in [0.05, 0.1) is 0 Å². The topological polar surface area (TPSA) is 12.0 Å². The fraction of sp³-hybridized carbons (Fsp3) is 1.00. The first kappa shape index (κ1) is 15.0. The van der Waals surface area contributed by atoms with Gasteiger partial charge in [-0.1, -0.05) is 40.5 Å². The first-order valence-corrected chi connectivity index (χ1v) is 7.69. The highest BCUT2D eigenvalue weighted by molar-refractivity contribution is 4.85. The highest BCUT2D eigenvalue weighted by Crippen LogP contribution is 2.40. The lowest BCUT2D eigenvalue weighted by molar-refractivity contribution is 0.151. The molecule has 1 saturated carbocycles. The molecule has 0 saturated heterocycles. The lowest BCUT2D eigenvalue weighted by Crippen LogP contribution is -2.38. The van der Waals surface area contributed by atoms with Crippen LogP contribution in [0.25, 0.3) is 0 Å². The number of rotatable bonds is 6. The van der Waals surface area contributed by atoms with E-state index in [1.807, 2.05) is 0 Å². The van der Waals surface area contributed by atoms with Crippen molar-refractivity contribution < 1.29 is 0 Å². The lowest BCUT2D eigenvalue weighted by Gasteiger charge is -2.39. The maximum atomic E-state index is 3.60. The minimum absolute atomic E-state index is 0.601. The summed E-state index contributed by atoms with van der Waals surface area (Å²) in [5.41, 5.74) is 0.601. The summed E-state index contributed by atoms with van der Waals surface area (Å²) in [6.45, 7) is 9.53. The Labute approximate surface area is 109 Å². The second-order valence-corrected chi connectivity index (χ2v) is 6.82. The average Bonchev–Trinajstić information content (AvgIpc) is 2.32. The van der Waals surface area contributed by atoms with Gasteiger partial charge in [0.25, 0.3) is 0 Å². The number of hydrogen-bond acceptors (Lipinski definition) is 1. The zero-order valence-electron chi connectivity index (χ0n) is 12.7. The van der Waals surface area contributed by atoms with E-state index in [4.69, 9.17) is 0 Å². The van der Waals surface area contributed by atoms with E-state index < -0.39 is 0 Å². The molecule has 0 spiro atoms. The predicted molar refractivity (Wildman–Crippen MR) is 77.3 cm³/mol. The summed E-state index contributed by atoms with van der Waals surface area (Å²) in [6.07, 6.45) is 9.75. The predicted octanol–water partition coefficient (Wildman–Crippen LogP) is 4.62. The van der Waals surface area contributed by atoms with E-state index in [0.29, 0.717) is 5.41 Å². The van der Waals surface area contributed by atoms with Gasteiger partial charge in [-0.05, 0) is 56.4 Å². The normalized spacial score (nSPS) is 22.9. The van der Waals surface area contributed by atoms with E-state index in [0.717, 1.165) is 17.9 Å². The molecule has 0 amide bonds. The average molecular weight is 239 g/mol. The lowest BCUT2D eigenvalue weighted by atomic mass is 9.70. The standard InChI is InChI=1S/C16H33N/c1-6-13(7-2)12-15(17-5)14-8-10-16(3,4)11-9-14/h13-15,17H,6-12H2,1-5H3. The zero-order valence-corrected chi connectivity index (χ0v) is 12.7. The highest BCUT2D eigenvalue weighted by Gasteiger charge is 2.31. The van der Waals surface area contributed by atoms with Crippen LogP contribution < -0.4 is 5.32 Å². The van der Waals surface area contributed by atoms with Gasteiger partial charge in [-0.3, -0.25) is 0 Å². The molecule has 0 aromatic carbocycles. The first-order valence-electron chi connectivity index (χ1n) is 7.69. The molecule has 17 heavy (non-hydrogen) atoms. The van der Waals surface area contributed by atoms with Gasteiger partial charge >= 0.3 is 0 Å². The Hall–Kier alpha value is -0.0400. The fourth-order valence-electron chi connectivity index (χ4n) is 3.35. The van der Waals surface area contributed by atoms with Crippen molar-refractivity contribution in [2.75, 3.05) is 7.05 Å². The van der Waals surface area contributed by atoms with Crippen LogP contribution in [0.15, 0.2) is 0 Å². The molecule has 102 valence electrons. The van der Waals surface area contributed by atoms with Crippen molar-refractivity contribution in [1.29, 1.82) is 0 Å². The minimum atomic E-state index is 0.601. The third-order valence-corrected chi connectivity index (χ3v) is 5.07. The van der Waals surface area contributed by atoms with Gasteiger partial charge in [0.15, 0.2) is 0 Å². The summed E-state index contributed by atoms with van der Waals surface area (Å²) in [5, 5.41) is 3.60. The van der Waals surface area contributed by atoms with Crippen LogP contribution >= 0.6 is 0 Å². The van der Waals surface area contributed by atoms with E-state index in [1.165, 1.54) is 44.9 Å². The summed E-state index contributed by atoms with van der Waals surface area (Å²) in [5.74, 6) is 1.84. The Kier molecular flexibility index (Phi) is 5.99. The van der Waals surface area contributed by atoms with Crippen LogP contribution in [0.4, 0.5) is 0 Å². The number of nitrogens with one attached hydrogen (secondary N) is 1. The second-order valence-electron chi connectivity index (χ2n) is 6.82. The highest BCUT2D eigenvalue weighted by atomic mass is 14.9. The molecule has 1 rings (SSSR count). The van der Waals surface area contributed by atoms with Gasteiger partial charge in [-0.2, -0.15) is 0 Å². The van der Waals surface area contributed by atoms with E-state index in [2.05, 4.69) is 40.1 Å². The maximum Gasteiger partial charge on any atom is 0.00949 e. The molecule has 1 heteroatoms. The van der Waals surface area contributed by atoms with Crippen LogP contribution in [0.3, 0.4) is 0 Å². The summed E-state index contributed by atoms with van der Waals surface area (Å²) >= 11 is 0. The molecule has 1 aliphatic rings. The van der Waals surface area contributed by atoms with Crippen molar-refractivity contribution in [3.05, 3.63) is 0 Å². The third kappa shape index (κ3) is 4.62. The van der Waals surface area contributed by atoms with Gasteiger partial charge in [-0.25, -0.2) is 0 Å². The Morgan fingerprint density at radius 2 is 1.65 bits per heavy atom. The molecule has 0 aromatic heterocycles. The van der Waals surface area contributed by atoms with Crippen molar-refractivity contribution in [2.45, 2.75) is 78.7 Å². The van der Waals surface area contributed by atoms with Crippen molar-refractivity contribution in [1.82, 2.24) is 5.32 Å². The van der Waals surface area contributed by atoms with E-state index >= 15 is 0 Å². The Balaban J connectivity index is 2.46. The zero-order chi connectivity index (χ0) is 12.9. The molecule has 1 N–H and O–H groups in total. The molecule has 1 atom stereocenters. The van der Waals surface area contributed by atoms with Gasteiger partial charge in [-0.15, -0.1) is 0 Å². The summed E-state index contributed by atoms with van der Waals surface area (Å²) in [4.78, 5) is 0. The van der Waals surface area contributed by atoms with Crippen molar-refractivity contribution in [2.24, 2.45) is 17.3 Å². The van der Waals surface area contributed by atoms with Gasteiger partial charge in [0.1, 0.15) is 0 Å². The van der Waals surface area contributed by atoms with E-state index in [9.17, 15) is 0 Å². The Bertz CT molecular complexity index is 196. The minimum Gasteiger partial charge on any atom is -0.317 e.